The zero-order valence-electron chi connectivity index (χ0n) is 13.5. The third-order valence-electron chi connectivity index (χ3n) is 3.63. The molecule has 1 N–H and O–H groups in total. The van der Waals surface area contributed by atoms with Gasteiger partial charge in [-0.15, -0.1) is 0 Å². The van der Waals surface area contributed by atoms with Crippen LogP contribution in [-0.4, -0.2) is 30.7 Å². The van der Waals surface area contributed by atoms with Crippen LogP contribution in [0.3, 0.4) is 0 Å². The minimum atomic E-state index is -0.554. The van der Waals surface area contributed by atoms with Crippen LogP contribution in [0.4, 0.5) is 0 Å². The molecular formula is C17H23NO4. The Bertz CT molecular complexity index is 535. The summed E-state index contributed by atoms with van der Waals surface area (Å²) in [6, 6.07) is 8.87. The maximum Gasteiger partial charge on any atom is 0.322 e. The molecule has 1 heterocycles. The first-order chi connectivity index (χ1) is 10.3. The predicted molar refractivity (Wildman–Crippen MR) is 82.1 cm³/mol. The van der Waals surface area contributed by atoms with E-state index in [9.17, 15) is 9.59 Å². The Hall–Kier alpha value is -1.88. The molecule has 0 amide bonds. The van der Waals surface area contributed by atoms with Gasteiger partial charge in [0.1, 0.15) is 11.6 Å². The molecule has 0 aliphatic carbocycles. The summed E-state index contributed by atoms with van der Waals surface area (Å²) in [6.07, 6.45) is 0.376. The van der Waals surface area contributed by atoms with Crippen molar-refractivity contribution in [1.29, 1.82) is 0 Å². The van der Waals surface area contributed by atoms with Gasteiger partial charge >= 0.3 is 11.9 Å². The summed E-state index contributed by atoms with van der Waals surface area (Å²) in [5.74, 6) is -1.06. The standard InChI is InChI=1S/C17H23NO4/c1-17(2,3)22-15(19)12-10-13(16(20)21-4)18-14(12)11-8-6-5-7-9-11/h5-9,12-14,18H,10H2,1-4H3/t12-,13-,14-/m1/s1. The molecule has 3 atom stereocenters. The number of rotatable bonds is 3. The van der Waals surface area contributed by atoms with Crippen molar-refractivity contribution in [1.82, 2.24) is 5.32 Å². The number of esters is 2. The van der Waals surface area contributed by atoms with E-state index in [1.807, 2.05) is 51.1 Å². The van der Waals surface area contributed by atoms with Crippen LogP contribution in [-0.2, 0) is 19.1 Å². The molecule has 120 valence electrons. The molecule has 0 bridgehead atoms. The van der Waals surface area contributed by atoms with Crippen LogP contribution in [0.1, 0.15) is 38.8 Å². The number of hydrogen-bond donors (Lipinski definition) is 1. The highest BCUT2D eigenvalue weighted by Gasteiger charge is 2.44. The van der Waals surface area contributed by atoms with Crippen molar-refractivity contribution in [3.05, 3.63) is 35.9 Å². The Morgan fingerprint density at radius 2 is 1.77 bits per heavy atom. The number of methoxy groups -OCH3 is 1. The molecule has 0 aromatic heterocycles. The topological polar surface area (TPSA) is 64.6 Å². The lowest BCUT2D eigenvalue weighted by atomic mass is 9.93. The van der Waals surface area contributed by atoms with Crippen LogP contribution in [0.25, 0.3) is 0 Å². The van der Waals surface area contributed by atoms with Crippen molar-refractivity contribution in [3.8, 4) is 0 Å². The molecule has 0 saturated carbocycles. The Labute approximate surface area is 131 Å². The molecule has 1 saturated heterocycles. The van der Waals surface area contributed by atoms with Gasteiger partial charge in [-0.25, -0.2) is 0 Å². The monoisotopic (exact) mass is 305 g/mol. The highest BCUT2D eigenvalue weighted by Crippen LogP contribution is 2.34. The average Bonchev–Trinajstić information content (AvgIpc) is 2.91. The molecule has 1 fully saturated rings. The number of nitrogens with one attached hydrogen (secondary N) is 1. The van der Waals surface area contributed by atoms with E-state index in [1.165, 1.54) is 7.11 Å². The number of carbonyl (C=O) groups excluding carboxylic acids is 2. The number of carbonyl (C=O) groups is 2. The molecule has 5 heteroatoms. The first kappa shape index (κ1) is 16.5. The van der Waals surface area contributed by atoms with Gasteiger partial charge in [-0.1, -0.05) is 30.3 Å². The van der Waals surface area contributed by atoms with Crippen LogP contribution in [0.15, 0.2) is 30.3 Å². The highest BCUT2D eigenvalue weighted by molar-refractivity contribution is 5.80. The van der Waals surface area contributed by atoms with Gasteiger partial charge in [-0.2, -0.15) is 0 Å². The van der Waals surface area contributed by atoms with E-state index < -0.39 is 17.6 Å². The number of ether oxygens (including phenoxy) is 2. The summed E-state index contributed by atoms with van der Waals surface area (Å²) in [6.45, 7) is 5.51. The van der Waals surface area contributed by atoms with E-state index in [-0.39, 0.29) is 18.0 Å². The van der Waals surface area contributed by atoms with Gasteiger partial charge in [-0.3, -0.25) is 14.9 Å². The Morgan fingerprint density at radius 1 is 1.14 bits per heavy atom. The third-order valence-corrected chi connectivity index (χ3v) is 3.63. The van der Waals surface area contributed by atoms with Crippen LogP contribution in [0.2, 0.25) is 0 Å². The second-order valence-corrected chi connectivity index (χ2v) is 6.51. The Morgan fingerprint density at radius 3 is 2.32 bits per heavy atom. The molecule has 22 heavy (non-hydrogen) atoms. The Balaban J connectivity index is 2.23. The molecule has 1 aliphatic heterocycles. The van der Waals surface area contributed by atoms with Crippen LogP contribution in [0, 0.1) is 5.92 Å². The zero-order valence-corrected chi connectivity index (χ0v) is 13.5. The van der Waals surface area contributed by atoms with Gasteiger partial charge in [0.2, 0.25) is 0 Å². The quantitative estimate of drug-likeness (QED) is 0.868. The summed E-state index contributed by atoms with van der Waals surface area (Å²) >= 11 is 0. The van der Waals surface area contributed by atoms with Crippen LogP contribution < -0.4 is 5.32 Å². The molecular weight excluding hydrogens is 282 g/mol. The van der Waals surface area contributed by atoms with Gasteiger partial charge in [0.15, 0.2) is 0 Å². The minimum absolute atomic E-state index is 0.250. The molecule has 1 aromatic rings. The summed E-state index contributed by atoms with van der Waals surface area (Å²) in [4.78, 5) is 24.3. The van der Waals surface area contributed by atoms with Crippen molar-refractivity contribution in [3.63, 3.8) is 0 Å². The van der Waals surface area contributed by atoms with Crippen LogP contribution >= 0.6 is 0 Å². The lowest BCUT2D eigenvalue weighted by Crippen LogP contribution is -2.33. The van der Waals surface area contributed by atoms with Crippen LogP contribution in [0.5, 0.6) is 0 Å². The predicted octanol–water partition coefficient (Wildman–Crippen LogP) is 2.22. The van der Waals surface area contributed by atoms with E-state index >= 15 is 0 Å². The average molecular weight is 305 g/mol. The van der Waals surface area contributed by atoms with Crippen molar-refractivity contribution in [2.24, 2.45) is 5.92 Å². The molecule has 0 unspecified atom stereocenters. The largest absolute Gasteiger partial charge is 0.468 e. The zero-order chi connectivity index (χ0) is 16.3. The van der Waals surface area contributed by atoms with E-state index in [0.29, 0.717) is 6.42 Å². The number of benzene rings is 1. The third kappa shape index (κ3) is 3.85. The van der Waals surface area contributed by atoms with Gasteiger partial charge in [0, 0.05) is 6.04 Å². The van der Waals surface area contributed by atoms with Crippen molar-refractivity contribution >= 4 is 11.9 Å². The summed E-state index contributed by atoms with van der Waals surface area (Å²) in [5.41, 5.74) is 0.409. The fourth-order valence-corrected chi connectivity index (χ4v) is 2.70. The maximum absolute atomic E-state index is 12.5. The van der Waals surface area contributed by atoms with Gasteiger partial charge < -0.3 is 9.47 Å². The van der Waals surface area contributed by atoms with Crippen molar-refractivity contribution in [2.75, 3.05) is 7.11 Å². The summed E-state index contributed by atoms with van der Waals surface area (Å²) < 4.78 is 10.3. The van der Waals surface area contributed by atoms with E-state index in [0.717, 1.165) is 5.56 Å². The van der Waals surface area contributed by atoms with Gasteiger partial charge in [0.05, 0.1) is 13.0 Å². The van der Waals surface area contributed by atoms with Gasteiger partial charge in [0.25, 0.3) is 0 Å². The molecule has 2 rings (SSSR count). The van der Waals surface area contributed by atoms with E-state index in [1.54, 1.807) is 0 Å². The van der Waals surface area contributed by atoms with Gasteiger partial charge in [-0.05, 0) is 32.8 Å². The van der Waals surface area contributed by atoms with Crippen molar-refractivity contribution in [2.45, 2.75) is 44.9 Å². The van der Waals surface area contributed by atoms with Crippen molar-refractivity contribution < 1.29 is 19.1 Å². The normalized spacial score (nSPS) is 24.8. The summed E-state index contributed by atoms with van der Waals surface area (Å²) in [7, 11) is 1.35. The SMILES string of the molecule is COC(=O)[C@H]1C[C@@H](C(=O)OC(C)(C)C)[C@@H](c2ccccc2)N1. The summed E-state index contributed by atoms with van der Waals surface area (Å²) in [5, 5.41) is 3.20. The van der Waals surface area contributed by atoms with E-state index in [2.05, 4.69) is 5.32 Å². The highest BCUT2D eigenvalue weighted by atomic mass is 16.6. The fourth-order valence-electron chi connectivity index (χ4n) is 2.70. The second kappa shape index (κ2) is 6.48. The Kier molecular flexibility index (Phi) is 4.86. The lowest BCUT2D eigenvalue weighted by Gasteiger charge is -2.25. The number of hydrogen-bond acceptors (Lipinski definition) is 5. The molecule has 1 aliphatic rings. The lowest BCUT2D eigenvalue weighted by molar-refractivity contribution is -0.160. The smallest absolute Gasteiger partial charge is 0.322 e. The molecule has 5 nitrogen and oxygen atoms in total. The second-order valence-electron chi connectivity index (χ2n) is 6.51. The van der Waals surface area contributed by atoms with E-state index in [4.69, 9.17) is 9.47 Å². The molecule has 1 aromatic carbocycles. The fraction of sp³-hybridized carbons (Fsp3) is 0.529. The minimum Gasteiger partial charge on any atom is -0.468 e. The molecule has 0 spiro atoms. The first-order valence-electron chi connectivity index (χ1n) is 7.43. The molecule has 0 radical (unpaired) electrons. The maximum atomic E-state index is 12.5. The first-order valence-corrected chi connectivity index (χ1v) is 7.43.